The molecular weight excluding hydrogens is 390 g/mol. The number of amides is 2. The van der Waals surface area contributed by atoms with Gasteiger partial charge in [0.05, 0.1) is 7.11 Å². The summed E-state index contributed by atoms with van der Waals surface area (Å²) in [6.07, 6.45) is 3.00. The number of anilines is 1. The second kappa shape index (κ2) is 11.2. The van der Waals surface area contributed by atoms with Crippen molar-refractivity contribution in [3.8, 4) is 5.75 Å². The lowest BCUT2D eigenvalue weighted by Gasteiger charge is -2.17. The quantitative estimate of drug-likeness (QED) is 0.470. The van der Waals surface area contributed by atoms with E-state index in [2.05, 4.69) is 40.0 Å². The lowest BCUT2D eigenvalue weighted by Crippen LogP contribution is -2.37. The van der Waals surface area contributed by atoms with Gasteiger partial charge < -0.3 is 25.6 Å². The number of methoxy groups -OCH3 is 1. The standard InChI is InChI=1S/C24H33N5O2/c1-18-9-10-22(31-3)20(15-18)11-12-26-23(25-2)27-17-19-7-6-8-21(16-19)28-24(30)29-13-4-5-14-29/h6-10,15-16H,4-5,11-14,17H2,1-3H3,(H,28,30)(H2,25,26,27). The lowest BCUT2D eigenvalue weighted by atomic mass is 10.1. The number of hydrogen-bond acceptors (Lipinski definition) is 3. The third-order valence-electron chi connectivity index (χ3n) is 5.38. The first kappa shape index (κ1) is 22.5. The molecule has 7 heteroatoms. The van der Waals surface area contributed by atoms with Crippen molar-refractivity contribution in [2.24, 2.45) is 4.99 Å². The Balaban J connectivity index is 1.48. The summed E-state index contributed by atoms with van der Waals surface area (Å²) in [5.74, 6) is 1.64. The van der Waals surface area contributed by atoms with Crippen LogP contribution in [0.3, 0.4) is 0 Å². The zero-order chi connectivity index (χ0) is 22.1. The summed E-state index contributed by atoms with van der Waals surface area (Å²) < 4.78 is 5.45. The number of carbonyl (C=O) groups excluding carboxylic acids is 1. The number of hydrogen-bond donors (Lipinski definition) is 3. The van der Waals surface area contributed by atoms with Gasteiger partial charge in [0.2, 0.25) is 0 Å². The lowest BCUT2D eigenvalue weighted by molar-refractivity contribution is 0.222. The van der Waals surface area contributed by atoms with E-state index in [1.165, 1.54) is 11.1 Å². The fraction of sp³-hybridized carbons (Fsp3) is 0.417. The van der Waals surface area contributed by atoms with Crippen molar-refractivity contribution < 1.29 is 9.53 Å². The van der Waals surface area contributed by atoms with Gasteiger partial charge in [-0.3, -0.25) is 4.99 Å². The Bertz CT molecular complexity index is 907. The zero-order valence-electron chi connectivity index (χ0n) is 18.7. The molecule has 0 atom stereocenters. The van der Waals surface area contributed by atoms with Crippen molar-refractivity contribution >= 4 is 17.7 Å². The summed E-state index contributed by atoms with van der Waals surface area (Å²) in [6, 6.07) is 14.1. The van der Waals surface area contributed by atoms with Gasteiger partial charge >= 0.3 is 6.03 Å². The summed E-state index contributed by atoms with van der Waals surface area (Å²) in [5.41, 5.74) is 4.27. The first-order chi connectivity index (χ1) is 15.1. The summed E-state index contributed by atoms with van der Waals surface area (Å²) in [6.45, 7) is 5.11. The van der Waals surface area contributed by atoms with Crippen molar-refractivity contribution in [2.45, 2.75) is 32.7 Å². The number of guanidine groups is 1. The minimum Gasteiger partial charge on any atom is -0.496 e. The van der Waals surface area contributed by atoms with E-state index in [0.717, 1.165) is 61.9 Å². The van der Waals surface area contributed by atoms with E-state index in [4.69, 9.17) is 4.74 Å². The second-order valence-corrected chi connectivity index (χ2v) is 7.74. The number of aliphatic imine (C=N–C) groups is 1. The topological polar surface area (TPSA) is 78.0 Å². The van der Waals surface area contributed by atoms with Gasteiger partial charge in [-0.25, -0.2) is 4.79 Å². The maximum absolute atomic E-state index is 12.3. The molecule has 166 valence electrons. The fourth-order valence-electron chi connectivity index (χ4n) is 3.71. The number of likely N-dealkylation sites (tertiary alicyclic amines) is 1. The molecule has 3 N–H and O–H groups in total. The Morgan fingerprint density at radius 3 is 2.68 bits per heavy atom. The molecule has 0 saturated carbocycles. The van der Waals surface area contributed by atoms with Gasteiger partial charge in [-0.05, 0) is 55.5 Å². The summed E-state index contributed by atoms with van der Waals surface area (Å²) in [4.78, 5) is 18.5. The molecule has 2 aromatic carbocycles. The second-order valence-electron chi connectivity index (χ2n) is 7.74. The van der Waals surface area contributed by atoms with Gasteiger partial charge in [-0.15, -0.1) is 0 Å². The van der Waals surface area contributed by atoms with Crippen LogP contribution in [-0.2, 0) is 13.0 Å². The van der Waals surface area contributed by atoms with Gasteiger partial charge in [0.1, 0.15) is 5.75 Å². The molecule has 7 nitrogen and oxygen atoms in total. The highest BCUT2D eigenvalue weighted by molar-refractivity contribution is 5.89. The molecule has 0 radical (unpaired) electrons. The van der Waals surface area contributed by atoms with Crippen LogP contribution in [0.2, 0.25) is 0 Å². The van der Waals surface area contributed by atoms with Crippen molar-refractivity contribution in [3.05, 3.63) is 59.2 Å². The number of benzene rings is 2. The van der Waals surface area contributed by atoms with Gasteiger partial charge in [0.15, 0.2) is 5.96 Å². The smallest absolute Gasteiger partial charge is 0.321 e. The van der Waals surface area contributed by atoms with E-state index in [1.54, 1.807) is 14.2 Å². The van der Waals surface area contributed by atoms with Crippen molar-refractivity contribution in [1.82, 2.24) is 15.5 Å². The van der Waals surface area contributed by atoms with Crippen LogP contribution in [0, 0.1) is 6.92 Å². The van der Waals surface area contributed by atoms with Gasteiger partial charge in [0, 0.05) is 38.9 Å². The minimum absolute atomic E-state index is 0.0216. The largest absolute Gasteiger partial charge is 0.496 e. The van der Waals surface area contributed by atoms with Crippen LogP contribution >= 0.6 is 0 Å². The summed E-state index contributed by atoms with van der Waals surface area (Å²) >= 11 is 0. The molecule has 31 heavy (non-hydrogen) atoms. The van der Waals surface area contributed by atoms with E-state index in [0.29, 0.717) is 6.54 Å². The minimum atomic E-state index is -0.0216. The number of aryl methyl sites for hydroxylation is 1. The Morgan fingerprint density at radius 2 is 1.94 bits per heavy atom. The molecule has 1 aliphatic heterocycles. The highest BCUT2D eigenvalue weighted by atomic mass is 16.5. The van der Waals surface area contributed by atoms with Gasteiger partial charge in [-0.1, -0.05) is 29.8 Å². The van der Waals surface area contributed by atoms with Crippen LogP contribution < -0.4 is 20.7 Å². The van der Waals surface area contributed by atoms with Gasteiger partial charge in [0.25, 0.3) is 0 Å². The highest BCUT2D eigenvalue weighted by Gasteiger charge is 2.17. The van der Waals surface area contributed by atoms with Crippen LogP contribution in [0.4, 0.5) is 10.5 Å². The number of carbonyl (C=O) groups is 1. The fourth-order valence-corrected chi connectivity index (χ4v) is 3.71. The zero-order valence-corrected chi connectivity index (χ0v) is 18.7. The normalized spacial score (nSPS) is 13.8. The monoisotopic (exact) mass is 423 g/mol. The van der Waals surface area contributed by atoms with Gasteiger partial charge in [-0.2, -0.15) is 0 Å². The number of ether oxygens (including phenoxy) is 1. The van der Waals surface area contributed by atoms with E-state index in [9.17, 15) is 4.79 Å². The average molecular weight is 424 g/mol. The number of nitrogens with zero attached hydrogens (tertiary/aromatic N) is 2. The van der Waals surface area contributed by atoms with Crippen LogP contribution in [0.1, 0.15) is 29.5 Å². The number of rotatable bonds is 7. The summed E-state index contributed by atoms with van der Waals surface area (Å²) in [7, 11) is 3.46. The van der Waals surface area contributed by atoms with Crippen LogP contribution in [0.5, 0.6) is 5.75 Å². The number of nitrogens with one attached hydrogen (secondary N) is 3. The number of urea groups is 1. The van der Waals surface area contributed by atoms with E-state index < -0.39 is 0 Å². The molecule has 0 bridgehead atoms. The predicted molar refractivity (Wildman–Crippen MR) is 126 cm³/mol. The molecule has 1 aliphatic rings. The molecule has 1 fully saturated rings. The van der Waals surface area contributed by atoms with E-state index in [1.807, 2.05) is 35.2 Å². The van der Waals surface area contributed by atoms with Crippen LogP contribution in [0.15, 0.2) is 47.5 Å². The predicted octanol–water partition coefficient (Wildman–Crippen LogP) is 3.54. The Labute approximate surface area is 184 Å². The molecule has 0 aliphatic carbocycles. The van der Waals surface area contributed by atoms with Crippen molar-refractivity contribution in [3.63, 3.8) is 0 Å². The summed E-state index contributed by atoms with van der Waals surface area (Å²) in [5, 5.41) is 9.68. The maximum Gasteiger partial charge on any atom is 0.321 e. The van der Waals surface area contributed by atoms with E-state index >= 15 is 0 Å². The molecule has 3 rings (SSSR count). The SMILES string of the molecule is CN=C(NCCc1cc(C)ccc1OC)NCc1cccc(NC(=O)N2CCCC2)c1. The van der Waals surface area contributed by atoms with E-state index in [-0.39, 0.29) is 6.03 Å². The highest BCUT2D eigenvalue weighted by Crippen LogP contribution is 2.19. The molecule has 1 heterocycles. The Kier molecular flexibility index (Phi) is 8.15. The molecule has 1 saturated heterocycles. The van der Waals surface area contributed by atoms with Crippen LogP contribution in [-0.4, -0.2) is 50.7 Å². The van der Waals surface area contributed by atoms with Crippen molar-refractivity contribution in [2.75, 3.05) is 39.1 Å². The van der Waals surface area contributed by atoms with Crippen molar-refractivity contribution in [1.29, 1.82) is 0 Å². The maximum atomic E-state index is 12.3. The Morgan fingerprint density at radius 1 is 1.13 bits per heavy atom. The first-order valence-electron chi connectivity index (χ1n) is 10.8. The molecule has 0 aromatic heterocycles. The molecule has 0 unspecified atom stereocenters. The Hall–Kier alpha value is -3.22. The third-order valence-corrected chi connectivity index (χ3v) is 5.38. The first-order valence-corrected chi connectivity index (χ1v) is 10.8. The molecular formula is C24H33N5O2. The molecule has 2 aromatic rings. The van der Waals surface area contributed by atoms with Crippen LogP contribution in [0.25, 0.3) is 0 Å². The average Bonchev–Trinajstić information content (AvgIpc) is 3.32. The molecule has 2 amide bonds. The third kappa shape index (κ3) is 6.64. The molecule has 0 spiro atoms.